The topological polar surface area (TPSA) is 95.2 Å². The van der Waals surface area contributed by atoms with Crippen molar-refractivity contribution in [1.82, 2.24) is 9.97 Å². The van der Waals surface area contributed by atoms with E-state index in [0.29, 0.717) is 16.5 Å². The summed E-state index contributed by atoms with van der Waals surface area (Å²) in [6.07, 6.45) is 0. The van der Waals surface area contributed by atoms with E-state index in [1.807, 2.05) is 0 Å². The molecule has 0 aliphatic carbocycles. The van der Waals surface area contributed by atoms with E-state index in [-0.39, 0.29) is 5.95 Å². The minimum Gasteiger partial charge on any atom is -0.423 e. The molecule has 0 amide bonds. The number of imidazole rings is 1. The zero-order valence-corrected chi connectivity index (χ0v) is 6.73. The number of nitrogens with zero attached hydrogens (tertiary/aromatic N) is 1. The molecule has 66 valence electrons. The Kier molecular flexibility index (Phi) is 1.71. The Morgan fingerprint density at radius 2 is 2.15 bits per heavy atom. The van der Waals surface area contributed by atoms with E-state index in [1.54, 1.807) is 18.2 Å². The zero-order chi connectivity index (χ0) is 9.42. The summed E-state index contributed by atoms with van der Waals surface area (Å²) < 4.78 is 0. The van der Waals surface area contributed by atoms with Gasteiger partial charge < -0.3 is 20.8 Å². The Hall–Kier alpha value is -1.53. The third-order valence-electron chi connectivity index (χ3n) is 1.85. The lowest BCUT2D eigenvalue weighted by Gasteiger charge is -1.98. The van der Waals surface area contributed by atoms with Gasteiger partial charge in [-0.05, 0) is 6.07 Å². The molecule has 2 aromatic rings. The smallest absolute Gasteiger partial charge is 0.423 e. The summed E-state index contributed by atoms with van der Waals surface area (Å²) in [6, 6.07) is 5.04. The summed E-state index contributed by atoms with van der Waals surface area (Å²) in [6.45, 7) is 0. The summed E-state index contributed by atoms with van der Waals surface area (Å²) >= 11 is 0. The lowest BCUT2D eigenvalue weighted by atomic mass is 9.79. The molecule has 5 N–H and O–H groups in total. The first-order chi connectivity index (χ1) is 6.18. The van der Waals surface area contributed by atoms with Crippen molar-refractivity contribution >= 4 is 29.6 Å². The standard InChI is InChI=1S/C7H8BN3O2/c9-7-10-5-3-1-2-4(8(12)13)6(5)11-7/h1-3,12-13H,(H3,9,10,11). The van der Waals surface area contributed by atoms with Gasteiger partial charge in [0.25, 0.3) is 0 Å². The normalized spacial score (nSPS) is 10.6. The van der Waals surface area contributed by atoms with Crippen LogP contribution in [0.1, 0.15) is 0 Å². The summed E-state index contributed by atoms with van der Waals surface area (Å²) in [7, 11) is -1.51. The molecule has 0 aliphatic heterocycles. The molecular formula is C7H8BN3O2. The van der Waals surface area contributed by atoms with Crippen molar-refractivity contribution < 1.29 is 10.0 Å². The molecule has 1 aromatic carbocycles. The Bertz CT molecular complexity index is 440. The van der Waals surface area contributed by atoms with Crippen molar-refractivity contribution in [2.24, 2.45) is 0 Å². The van der Waals surface area contributed by atoms with Crippen LogP contribution in [0.15, 0.2) is 18.2 Å². The second kappa shape index (κ2) is 2.76. The van der Waals surface area contributed by atoms with Crippen LogP contribution in [-0.2, 0) is 0 Å². The van der Waals surface area contributed by atoms with Gasteiger partial charge in [0.15, 0.2) is 5.95 Å². The molecule has 0 radical (unpaired) electrons. The van der Waals surface area contributed by atoms with Gasteiger partial charge in [0.1, 0.15) is 0 Å². The van der Waals surface area contributed by atoms with Crippen LogP contribution >= 0.6 is 0 Å². The van der Waals surface area contributed by atoms with E-state index >= 15 is 0 Å². The van der Waals surface area contributed by atoms with Gasteiger partial charge in [-0.25, -0.2) is 4.98 Å². The number of H-pyrrole nitrogens is 1. The molecule has 0 spiro atoms. The van der Waals surface area contributed by atoms with Crippen molar-refractivity contribution in [2.75, 3.05) is 5.73 Å². The number of nitrogen functional groups attached to an aromatic ring is 1. The number of rotatable bonds is 1. The van der Waals surface area contributed by atoms with E-state index in [2.05, 4.69) is 9.97 Å². The van der Waals surface area contributed by atoms with Gasteiger partial charge >= 0.3 is 7.12 Å². The number of para-hydroxylation sites is 1. The Morgan fingerprint density at radius 1 is 1.38 bits per heavy atom. The van der Waals surface area contributed by atoms with E-state index in [4.69, 9.17) is 15.8 Å². The molecule has 0 atom stereocenters. The quantitative estimate of drug-likeness (QED) is 0.412. The molecule has 2 rings (SSSR count). The monoisotopic (exact) mass is 177 g/mol. The van der Waals surface area contributed by atoms with Gasteiger partial charge in [-0.15, -0.1) is 0 Å². The van der Waals surface area contributed by atoms with Crippen LogP contribution in [0, 0.1) is 0 Å². The van der Waals surface area contributed by atoms with E-state index in [1.165, 1.54) is 0 Å². The average Bonchev–Trinajstić information content (AvgIpc) is 2.43. The number of nitrogens with two attached hydrogens (primary N) is 1. The molecule has 1 aromatic heterocycles. The van der Waals surface area contributed by atoms with Crippen LogP contribution in [0.4, 0.5) is 5.95 Å². The predicted octanol–water partition coefficient (Wildman–Crippen LogP) is -1.18. The maximum Gasteiger partial charge on any atom is 0.490 e. The highest BCUT2D eigenvalue weighted by Gasteiger charge is 2.15. The highest BCUT2D eigenvalue weighted by Crippen LogP contribution is 2.09. The second-order valence-electron chi connectivity index (χ2n) is 2.74. The summed E-state index contributed by atoms with van der Waals surface area (Å²) in [4.78, 5) is 6.71. The Balaban J connectivity index is 2.75. The summed E-state index contributed by atoms with van der Waals surface area (Å²) in [5.41, 5.74) is 7.00. The maximum absolute atomic E-state index is 9.00. The summed E-state index contributed by atoms with van der Waals surface area (Å²) in [5.74, 6) is 0.267. The second-order valence-corrected chi connectivity index (χ2v) is 2.74. The highest BCUT2D eigenvalue weighted by atomic mass is 16.4. The van der Waals surface area contributed by atoms with Crippen molar-refractivity contribution in [2.45, 2.75) is 0 Å². The van der Waals surface area contributed by atoms with Crippen molar-refractivity contribution in [3.8, 4) is 0 Å². The number of fused-ring (bicyclic) bond motifs is 1. The first kappa shape index (κ1) is 8.09. The zero-order valence-electron chi connectivity index (χ0n) is 6.73. The third kappa shape index (κ3) is 1.26. The van der Waals surface area contributed by atoms with Crippen molar-refractivity contribution in [3.05, 3.63) is 18.2 Å². The minimum absolute atomic E-state index is 0.267. The largest absolute Gasteiger partial charge is 0.490 e. The lowest BCUT2D eigenvalue weighted by molar-refractivity contribution is 0.426. The summed E-state index contributed by atoms with van der Waals surface area (Å²) in [5, 5.41) is 18.0. The molecule has 0 unspecified atom stereocenters. The van der Waals surface area contributed by atoms with E-state index < -0.39 is 7.12 Å². The van der Waals surface area contributed by atoms with Crippen LogP contribution in [-0.4, -0.2) is 27.1 Å². The van der Waals surface area contributed by atoms with Gasteiger partial charge in [-0.1, -0.05) is 12.1 Å². The molecule has 0 saturated carbocycles. The first-order valence-electron chi connectivity index (χ1n) is 3.78. The van der Waals surface area contributed by atoms with Gasteiger partial charge in [0, 0.05) is 5.46 Å². The molecule has 0 fully saturated rings. The third-order valence-corrected chi connectivity index (χ3v) is 1.85. The molecular weight excluding hydrogens is 169 g/mol. The molecule has 13 heavy (non-hydrogen) atoms. The minimum atomic E-state index is -1.51. The number of benzene rings is 1. The van der Waals surface area contributed by atoms with Crippen LogP contribution in [0.3, 0.4) is 0 Å². The fraction of sp³-hybridized carbons (Fsp3) is 0. The molecule has 0 bridgehead atoms. The van der Waals surface area contributed by atoms with E-state index in [9.17, 15) is 0 Å². The maximum atomic E-state index is 9.00. The lowest BCUT2D eigenvalue weighted by Crippen LogP contribution is -2.30. The molecule has 0 saturated heterocycles. The Labute approximate surface area is 74.4 Å². The van der Waals surface area contributed by atoms with Gasteiger partial charge in [-0.2, -0.15) is 0 Å². The predicted molar refractivity (Wildman–Crippen MR) is 50.3 cm³/mol. The number of anilines is 1. The highest BCUT2D eigenvalue weighted by molar-refractivity contribution is 6.61. The molecule has 0 aliphatic rings. The van der Waals surface area contributed by atoms with Gasteiger partial charge in [-0.3, -0.25) is 0 Å². The van der Waals surface area contributed by atoms with Crippen molar-refractivity contribution in [3.63, 3.8) is 0 Å². The van der Waals surface area contributed by atoms with Crippen LogP contribution in [0.25, 0.3) is 11.0 Å². The number of nitrogens with one attached hydrogen (secondary N) is 1. The fourth-order valence-corrected chi connectivity index (χ4v) is 1.29. The SMILES string of the molecule is Nc1nc2cccc(B(O)O)c2[nH]1. The first-order valence-corrected chi connectivity index (χ1v) is 3.78. The number of hydrogen-bond acceptors (Lipinski definition) is 4. The van der Waals surface area contributed by atoms with Crippen LogP contribution in [0.5, 0.6) is 0 Å². The van der Waals surface area contributed by atoms with E-state index in [0.717, 1.165) is 0 Å². The van der Waals surface area contributed by atoms with Crippen LogP contribution < -0.4 is 11.2 Å². The molecule has 1 heterocycles. The fourth-order valence-electron chi connectivity index (χ4n) is 1.29. The van der Waals surface area contributed by atoms with Crippen molar-refractivity contribution in [1.29, 1.82) is 0 Å². The number of aromatic nitrogens is 2. The Morgan fingerprint density at radius 3 is 2.85 bits per heavy atom. The molecule has 5 nitrogen and oxygen atoms in total. The van der Waals surface area contributed by atoms with Crippen LogP contribution in [0.2, 0.25) is 0 Å². The number of hydrogen-bond donors (Lipinski definition) is 4. The number of aromatic amines is 1. The average molecular weight is 177 g/mol. The van der Waals surface area contributed by atoms with Gasteiger partial charge in [0.2, 0.25) is 0 Å². The van der Waals surface area contributed by atoms with Gasteiger partial charge in [0.05, 0.1) is 11.0 Å². The molecule has 6 heteroatoms.